The van der Waals surface area contributed by atoms with Gasteiger partial charge in [0, 0.05) is 17.4 Å². The molecule has 1 N–H and O–H groups in total. The molecule has 0 bridgehead atoms. The maximum Gasteiger partial charge on any atom is 0.334 e. The van der Waals surface area contributed by atoms with Gasteiger partial charge in [-0.15, -0.1) is 0 Å². The highest BCUT2D eigenvalue weighted by Gasteiger charge is 2.17. The molecule has 0 aliphatic heterocycles. The molecule has 1 heterocycles. The third-order valence-corrected chi connectivity index (χ3v) is 3.29. The van der Waals surface area contributed by atoms with Crippen molar-refractivity contribution in [2.75, 3.05) is 5.32 Å². The van der Waals surface area contributed by atoms with Crippen LogP contribution in [0.25, 0.3) is 0 Å². The number of para-hydroxylation sites is 1. The van der Waals surface area contributed by atoms with E-state index in [-0.39, 0.29) is 6.54 Å². The smallest absolute Gasteiger partial charge is 0.324 e. The van der Waals surface area contributed by atoms with Gasteiger partial charge in [0.2, 0.25) is 5.91 Å². The van der Waals surface area contributed by atoms with Crippen LogP contribution in [0.1, 0.15) is 11.3 Å². The largest absolute Gasteiger partial charge is 0.334 e. The summed E-state index contributed by atoms with van der Waals surface area (Å²) in [6.07, 6.45) is 0. The lowest BCUT2D eigenvalue weighted by Crippen LogP contribution is -2.30. The first-order chi connectivity index (χ1) is 10.4. The molecule has 114 valence electrons. The first-order valence-electron chi connectivity index (χ1n) is 6.60. The van der Waals surface area contributed by atoms with Gasteiger partial charge in [-0.25, -0.2) is 0 Å². The van der Waals surface area contributed by atoms with Gasteiger partial charge in [0.1, 0.15) is 6.54 Å². The summed E-state index contributed by atoms with van der Waals surface area (Å²) in [5.74, 6) is -0.417. The topological polar surface area (TPSA) is 94.2 Å². The van der Waals surface area contributed by atoms with Gasteiger partial charge in [-0.3, -0.25) is 24.3 Å². The SMILES string of the molecule is Cc1ccccc1NC(=O)Cn1c(C)ccc([N+](=O)[O-])c1=O. The average Bonchev–Trinajstić information content (AvgIpc) is 2.45. The lowest BCUT2D eigenvalue weighted by atomic mass is 10.2. The number of benzene rings is 1. The molecule has 0 saturated carbocycles. The molecule has 1 amide bonds. The number of aromatic nitrogens is 1. The summed E-state index contributed by atoms with van der Waals surface area (Å²) >= 11 is 0. The van der Waals surface area contributed by atoms with E-state index in [1.165, 1.54) is 6.07 Å². The highest BCUT2D eigenvalue weighted by Crippen LogP contribution is 2.13. The van der Waals surface area contributed by atoms with E-state index in [0.29, 0.717) is 11.4 Å². The average molecular weight is 301 g/mol. The van der Waals surface area contributed by atoms with Crippen molar-refractivity contribution in [2.24, 2.45) is 0 Å². The number of carbonyl (C=O) groups is 1. The predicted octanol–water partition coefficient (Wildman–Crippen LogP) is 2.01. The number of hydrogen-bond acceptors (Lipinski definition) is 4. The quantitative estimate of drug-likeness (QED) is 0.690. The fourth-order valence-corrected chi connectivity index (χ4v) is 2.04. The molecule has 22 heavy (non-hydrogen) atoms. The van der Waals surface area contributed by atoms with E-state index in [9.17, 15) is 19.7 Å². The van der Waals surface area contributed by atoms with E-state index in [1.54, 1.807) is 19.1 Å². The molecule has 1 aromatic heterocycles. The Morgan fingerprint density at radius 1 is 1.23 bits per heavy atom. The third-order valence-electron chi connectivity index (χ3n) is 3.29. The highest BCUT2D eigenvalue weighted by atomic mass is 16.6. The lowest BCUT2D eigenvalue weighted by molar-refractivity contribution is -0.386. The summed E-state index contributed by atoms with van der Waals surface area (Å²) in [6, 6.07) is 9.82. The molecule has 0 spiro atoms. The van der Waals surface area contributed by atoms with Crippen LogP contribution in [0, 0.1) is 24.0 Å². The fraction of sp³-hybridized carbons (Fsp3) is 0.200. The van der Waals surface area contributed by atoms with Crippen molar-refractivity contribution in [3.63, 3.8) is 0 Å². The summed E-state index contributed by atoms with van der Waals surface area (Å²) < 4.78 is 1.09. The zero-order valence-corrected chi connectivity index (χ0v) is 12.2. The third kappa shape index (κ3) is 3.20. The van der Waals surface area contributed by atoms with Crippen LogP contribution in [0.4, 0.5) is 11.4 Å². The maximum absolute atomic E-state index is 12.1. The maximum atomic E-state index is 12.1. The number of hydrogen-bond donors (Lipinski definition) is 1. The Labute approximate surface area is 126 Å². The minimum atomic E-state index is -0.787. The summed E-state index contributed by atoms with van der Waals surface area (Å²) in [5.41, 5.74) is 0.678. The molecule has 0 fully saturated rings. The van der Waals surface area contributed by atoms with Crippen LogP contribution >= 0.6 is 0 Å². The molecule has 0 radical (unpaired) electrons. The molecule has 0 saturated heterocycles. The zero-order chi connectivity index (χ0) is 16.3. The number of pyridine rings is 1. The molecule has 1 aromatic carbocycles. The number of anilines is 1. The molecule has 7 heteroatoms. The number of nitrogens with zero attached hydrogens (tertiary/aromatic N) is 2. The second-order valence-corrected chi connectivity index (χ2v) is 4.87. The predicted molar refractivity (Wildman–Crippen MR) is 81.9 cm³/mol. The number of aryl methyl sites for hydroxylation is 2. The number of nitro groups is 1. The van der Waals surface area contributed by atoms with Crippen LogP contribution in [0.3, 0.4) is 0 Å². The molecule has 0 unspecified atom stereocenters. The number of amides is 1. The second kappa shape index (κ2) is 6.21. The van der Waals surface area contributed by atoms with Crippen LogP contribution in [0.5, 0.6) is 0 Å². The molecule has 0 aliphatic rings. The normalized spacial score (nSPS) is 10.3. The van der Waals surface area contributed by atoms with Crippen LogP contribution in [-0.4, -0.2) is 15.4 Å². The zero-order valence-electron chi connectivity index (χ0n) is 12.2. The van der Waals surface area contributed by atoms with Crippen molar-refractivity contribution in [2.45, 2.75) is 20.4 Å². The number of carbonyl (C=O) groups excluding carboxylic acids is 1. The highest BCUT2D eigenvalue weighted by molar-refractivity contribution is 5.91. The van der Waals surface area contributed by atoms with Gasteiger partial charge in [-0.1, -0.05) is 18.2 Å². The van der Waals surface area contributed by atoms with Crippen LogP contribution in [0.2, 0.25) is 0 Å². The molecular formula is C15H15N3O4. The van der Waals surface area contributed by atoms with E-state index in [4.69, 9.17) is 0 Å². The van der Waals surface area contributed by atoms with Crippen LogP contribution in [-0.2, 0) is 11.3 Å². The minimum Gasteiger partial charge on any atom is -0.324 e. The molecule has 2 rings (SSSR count). The Balaban J connectivity index is 2.26. The standard InChI is InChI=1S/C15H15N3O4/c1-10-5-3-4-6-12(10)16-14(19)9-17-11(2)7-8-13(15(17)20)18(21)22/h3-8H,9H2,1-2H3,(H,16,19). The van der Waals surface area contributed by atoms with Gasteiger partial charge in [0.05, 0.1) is 4.92 Å². The fourth-order valence-electron chi connectivity index (χ4n) is 2.04. The Hall–Kier alpha value is -2.96. The summed E-state index contributed by atoms with van der Waals surface area (Å²) in [4.78, 5) is 34.2. The molecule has 2 aromatic rings. The van der Waals surface area contributed by atoms with Gasteiger partial charge < -0.3 is 5.32 Å². The second-order valence-electron chi connectivity index (χ2n) is 4.87. The van der Waals surface area contributed by atoms with Crippen molar-refractivity contribution in [3.05, 3.63) is 68.1 Å². The van der Waals surface area contributed by atoms with E-state index in [2.05, 4.69) is 5.32 Å². The van der Waals surface area contributed by atoms with Crippen molar-refractivity contribution in [3.8, 4) is 0 Å². The Morgan fingerprint density at radius 3 is 2.55 bits per heavy atom. The van der Waals surface area contributed by atoms with Crippen LogP contribution < -0.4 is 10.9 Å². The van der Waals surface area contributed by atoms with Gasteiger partial charge >= 0.3 is 11.2 Å². The first kappa shape index (κ1) is 15.4. The van der Waals surface area contributed by atoms with E-state index >= 15 is 0 Å². The van der Waals surface area contributed by atoms with Crippen molar-refractivity contribution in [1.29, 1.82) is 0 Å². The first-order valence-corrected chi connectivity index (χ1v) is 6.60. The molecular weight excluding hydrogens is 286 g/mol. The van der Waals surface area contributed by atoms with Gasteiger partial charge in [0.15, 0.2) is 0 Å². The summed E-state index contributed by atoms with van der Waals surface area (Å²) in [7, 11) is 0. The van der Waals surface area contributed by atoms with Gasteiger partial charge in [-0.2, -0.15) is 0 Å². The van der Waals surface area contributed by atoms with E-state index in [1.807, 2.05) is 19.1 Å². The van der Waals surface area contributed by atoms with Gasteiger partial charge in [-0.05, 0) is 31.5 Å². The Morgan fingerprint density at radius 2 is 1.91 bits per heavy atom. The molecule has 0 atom stereocenters. The van der Waals surface area contributed by atoms with Crippen molar-refractivity contribution >= 4 is 17.3 Å². The van der Waals surface area contributed by atoms with Crippen LogP contribution in [0.15, 0.2) is 41.2 Å². The lowest BCUT2D eigenvalue weighted by Gasteiger charge is -2.11. The summed E-state index contributed by atoms with van der Waals surface area (Å²) in [5, 5.41) is 13.5. The van der Waals surface area contributed by atoms with E-state index < -0.39 is 22.1 Å². The molecule has 7 nitrogen and oxygen atoms in total. The minimum absolute atomic E-state index is 0.277. The summed E-state index contributed by atoms with van der Waals surface area (Å²) in [6.45, 7) is 3.19. The monoisotopic (exact) mass is 301 g/mol. The van der Waals surface area contributed by atoms with Crippen molar-refractivity contribution in [1.82, 2.24) is 4.57 Å². The van der Waals surface area contributed by atoms with Gasteiger partial charge in [0.25, 0.3) is 0 Å². The van der Waals surface area contributed by atoms with Crippen molar-refractivity contribution < 1.29 is 9.72 Å². The Kier molecular flexibility index (Phi) is 4.36. The Bertz CT molecular complexity index is 796. The number of rotatable bonds is 4. The van der Waals surface area contributed by atoms with E-state index in [0.717, 1.165) is 16.2 Å². The molecule has 0 aliphatic carbocycles. The number of nitrogens with one attached hydrogen (secondary N) is 1.